The quantitative estimate of drug-likeness (QED) is 0.588. The molecule has 5 nitrogen and oxygen atoms in total. The molecule has 1 saturated heterocycles. The highest BCUT2D eigenvalue weighted by Crippen LogP contribution is 2.25. The fourth-order valence-electron chi connectivity index (χ4n) is 1.84. The lowest BCUT2D eigenvalue weighted by Gasteiger charge is -2.23. The number of rotatable bonds is 7. The van der Waals surface area contributed by atoms with Gasteiger partial charge in [0.05, 0.1) is 19.3 Å². The van der Waals surface area contributed by atoms with Crippen molar-refractivity contribution >= 4 is 7.85 Å². The summed E-state index contributed by atoms with van der Waals surface area (Å²) in [4.78, 5) is 0. The molecule has 0 aromatic rings. The van der Waals surface area contributed by atoms with E-state index in [1.165, 1.54) is 0 Å². The fraction of sp³-hybridized carbons (Fsp3) is 1.00. The van der Waals surface area contributed by atoms with Crippen LogP contribution in [0.5, 0.6) is 0 Å². The molecular formula is C11H21BO5. The van der Waals surface area contributed by atoms with Crippen LogP contribution in [0.15, 0.2) is 0 Å². The predicted octanol–water partition coefficient (Wildman–Crippen LogP) is -0.0387. The van der Waals surface area contributed by atoms with Crippen LogP contribution in [0.25, 0.3) is 0 Å². The Kier molecular flexibility index (Phi) is 6.44. The van der Waals surface area contributed by atoms with Crippen LogP contribution in [0.2, 0.25) is 0 Å². The summed E-state index contributed by atoms with van der Waals surface area (Å²) in [7, 11) is 10.7. The van der Waals surface area contributed by atoms with Crippen molar-refractivity contribution in [2.75, 3.05) is 34.5 Å². The standard InChI is InChI=1S/C11H21BO5/c1-7(14-3)5-16-10-9(15-4)8(6-13-2)17-11(10)12/h7-11H,5-6H2,1-4H3/t7-,8-,9?,10+,11-/m1/s1. The van der Waals surface area contributed by atoms with Crippen LogP contribution in [0, 0.1) is 0 Å². The van der Waals surface area contributed by atoms with E-state index < -0.39 is 6.00 Å². The van der Waals surface area contributed by atoms with Gasteiger partial charge in [-0.3, -0.25) is 0 Å². The van der Waals surface area contributed by atoms with Gasteiger partial charge in [-0.25, -0.2) is 0 Å². The molecule has 1 aliphatic heterocycles. The third-order valence-corrected chi connectivity index (χ3v) is 2.87. The van der Waals surface area contributed by atoms with Crippen molar-refractivity contribution in [3.8, 4) is 0 Å². The van der Waals surface area contributed by atoms with Gasteiger partial charge in [-0.2, -0.15) is 0 Å². The van der Waals surface area contributed by atoms with Crippen molar-refractivity contribution in [1.82, 2.24) is 0 Å². The molecular weight excluding hydrogens is 223 g/mol. The normalized spacial score (nSPS) is 35.1. The summed E-state index contributed by atoms with van der Waals surface area (Å²) in [5, 5.41) is 0. The minimum absolute atomic E-state index is 0.0150. The molecule has 0 aromatic carbocycles. The Bertz CT molecular complexity index is 216. The van der Waals surface area contributed by atoms with E-state index >= 15 is 0 Å². The molecule has 0 aliphatic carbocycles. The number of ether oxygens (including phenoxy) is 5. The van der Waals surface area contributed by atoms with Gasteiger partial charge in [0.15, 0.2) is 0 Å². The van der Waals surface area contributed by atoms with Crippen LogP contribution >= 0.6 is 0 Å². The SMILES string of the molecule is [B][C@@H]1O[C@H](COC)C(OC)[C@@H]1OC[C@@H](C)OC. The minimum atomic E-state index is -0.496. The van der Waals surface area contributed by atoms with Gasteiger partial charge in [-0.1, -0.05) is 0 Å². The zero-order valence-electron chi connectivity index (χ0n) is 10.9. The van der Waals surface area contributed by atoms with Gasteiger partial charge in [-0.15, -0.1) is 0 Å². The summed E-state index contributed by atoms with van der Waals surface area (Å²) in [6, 6.07) is -0.496. The zero-order valence-corrected chi connectivity index (χ0v) is 10.9. The third-order valence-electron chi connectivity index (χ3n) is 2.87. The molecule has 1 aliphatic rings. The molecule has 1 fully saturated rings. The Labute approximate surface area is 104 Å². The van der Waals surface area contributed by atoms with Gasteiger partial charge >= 0.3 is 0 Å². The van der Waals surface area contributed by atoms with Gasteiger partial charge in [0.1, 0.15) is 26.2 Å². The second-order valence-corrected chi connectivity index (χ2v) is 4.14. The van der Waals surface area contributed by atoms with Crippen LogP contribution < -0.4 is 0 Å². The molecule has 0 bridgehead atoms. The Morgan fingerprint density at radius 1 is 1.24 bits per heavy atom. The first-order valence-electron chi connectivity index (χ1n) is 5.71. The maximum atomic E-state index is 5.87. The molecule has 17 heavy (non-hydrogen) atoms. The molecule has 98 valence electrons. The van der Waals surface area contributed by atoms with Gasteiger partial charge in [-0.05, 0) is 6.92 Å². The maximum absolute atomic E-state index is 5.87. The van der Waals surface area contributed by atoms with Crippen molar-refractivity contribution in [3.63, 3.8) is 0 Å². The largest absolute Gasteiger partial charge is 0.382 e. The van der Waals surface area contributed by atoms with E-state index in [4.69, 9.17) is 31.5 Å². The third kappa shape index (κ3) is 3.93. The summed E-state index contributed by atoms with van der Waals surface area (Å²) in [6.07, 6.45) is -0.684. The van der Waals surface area contributed by atoms with Crippen LogP contribution in [0.3, 0.4) is 0 Å². The molecule has 0 aromatic heterocycles. The molecule has 6 heteroatoms. The summed E-state index contributed by atoms with van der Waals surface area (Å²) >= 11 is 0. The average molecular weight is 244 g/mol. The molecule has 0 N–H and O–H groups in total. The van der Waals surface area contributed by atoms with Gasteiger partial charge in [0, 0.05) is 27.3 Å². The van der Waals surface area contributed by atoms with E-state index in [0.717, 1.165) is 0 Å². The van der Waals surface area contributed by atoms with Crippen LogP contribution in [0.1, 0.15) is 6.92 Å². The molecule has 2 radical (unpaired) electrons. The topological polar surface area (TPSA) is 46.2 Å². The lowest BCUT2D eigenvalue weighted by molar-refractivity contribution is -0.0758. The van der Waals surface area contributed by atoms with E-state index in [-0.39, 0.29) is 24.4 Å². The maximum Gasteiger partial charge on any atom is 0.113 e. The zero-order chi connectivity index (χ0) is 12.8. The highest BCUT2D eigenvalue weighted by atomic mass is 16.6. The van der Waals surface area contributed by atoms with E-state index in [1.54, 1.807) is 21.3 Å². The summed E-state index contributed by atoms with van der Waals surface area (Å²) in [6.45, 7) is 2.82. The molecule has 0 saturated carbocycles. The van der Waals surface area contributed by atoms with Crippen LogP contribution in [0.4, 0.5) is 0 Å². The molecule has 1 unspecified atom stereocenters. The lowest BCUT2D eigenvalue weighted by Crippen LogP contribution is -2.39. The van der Waals surface area contributed by atoms with Gasteiger partial charge < -0.3 is 23.7 Å². The Balaban J connectivity index is 2.51. The number of methoxy groups -OCH3 is 3. The van der Waals surface area contributed by atoms with E-state index in [0.29, 0.717) is 13.2 Å². The van der Waals surface area contributed by atoms with E-state index in [1.807, 2.05) is 6.92 Å². The first-order chi connectivity index (χ1) is 8.13. The Morgan fingerprint density at radius 3 is 2.47 bits per heavy atom. The van der Waals surface area contributed by atoms with Crippen molar-refractivity contribution in [1.29, 1.82) is 0 Å². The minimum Gasteiger partial charge on any atom is -0.382 e. The summed E-state index contributed by atoms with van der Waals surface area (Å²) < 4.78 is 26.8. The van der Waals surface area contributed by atoms with Crippen LogP contribution in [-0.4, -0.2) is 72.8 Å². The lowest BCUT2D eigenvalue weighted by atomic mass is 9.92. The second-order valence-electron chi connectivity index (χ2n) is 4.14. The monoisotopic (exact) mass is 244 g/mol. The van der Waals surface area contributed by atoms with Crippen molar-refractivity contribution in [2.24, 2.45) is 0 Å². The molecule has 5 atom stereocenters. The van der Waals surface area contributed by atoms with E-state index in [2.05, 4.69) is 0 Å². The molecule has 1 rings (SSSR count). The first kappa shape index (κ1) is 14.9. The molecule has 0 spiro atoms. The Hall–Kier alpha value is -0.135. The fourth-order valence-corrected chi connectivity index (χ4v) is 1.84. The second kappa shape index (κ2) is 7.33. The van der Waals surface area contributed by atoms with Gasteiger partial charge in [0.25, 0.3) is 0 Å². The predicted molar refractivity (Wildman–Crippen MR) is 63.3 cm³/mol. The number of hydrogen-bond acceptors (Lipinski definition) is 5. The average Bonchev–Trinajstić information content (AvgIpc) is 2.62. The number of hydrogen-bond donors (Lipinski definition) is 0. The Morgan fingerprint density at radius 2 is 1.94 bits per heavy atom. The highest BCUT2D eigenvalue weighted by molar-refractivity contribution is 6.11. The van der Waals surface area contributed by atoms with Gasteiger partial charge in [0.2, 0.25) is 0 Å². The highest BCUT2D eigenvalue weighted by Gasteiger charge is 2.43. The molecule has 1 heterocycles. The van der Waals surface area contributed by atoms with Crippen molar-refractivity contribution in [2.45, 2.75) is 37.3 Å². The summed E-state index contributed by atoms with van der Waals surface area (Å²) in [5.41, 5.74) is 0. The van der Waals surface area contributed by atoms with Crippen molar-refractivity contribution < 1.29 is 23.7 Å². The van der Waals surface area contributed by atoms with E-state index in [9.17, 15) is 0 Å². The first-order valence-corrected chi connectivity index (χ1v) is 5.71. The van der Waals surface area contributed by atoms with Crippen LogP contribution in [-0.2, 0) is 23.7 Å². The van der Waals surface area contributed by atoms with Crippen molar-refractivity contribution in [3.05, 3.63) is 0 Å². The summed E-state index contributed by atoms with van der Waals surface area (Å²) in [5.74, 6) is 0. The smallest absolute Gasteiger partial charge is 0.113 e. The molecule has 0 amide bonds.